The molecule has 0 aromatic carbocycles. The second kappa shape index (κ2) is 9.18. The van der Waals surface area contributed by atoms with E-state index in [1.54, 1.807) is 24.6 Å². The highest BCUT2D eigenvalue weighted by molar-refractivity contribution is 9.10. The van der Waals surface area contributed by atoms with Crippen LogP contribution in [-0.2, 0) is 6.42 Å². The molecule has 2 aromatic rings. The molecule has 2 aromatic heterocycles. The van der Waals surface area contributed by atoms with Crippen LogP contribution in [-0.4, -0.2) is 67.7 Å². The minimum absolute atomic E-state index is 0.559. The summed E-state index contributed by atoms with van der Waals surface area (Å²) in [4.78, 5) is 19.1. The molecule has 1 fully saturated rings. The zero-order valence-electron chi connectivity index (χ0n) is 15.0. The Kier molecular flexibility index (Phi) is 6.67. The van der Waals surface area contributed by atoms with Crippen LogP contribution in [0.1, 0.15) is 4.88 Å². The lowest BCUT2D eigenvalue weighted by Gasteiger charge is -2.36. The van der Waals surface area contributed by atoms with Crippen LogP contribution in [0.2, 0.25) is 0 Å². The highest BCUT2D eigenvalue weighted by atomic mass is 79.9. The second-order valence-electron chi connectivity index (χ2n) is 5.80. The number of aromatic nitrogens is 2. The molecule has 3 rings (SSSR count). The number of guanidine groups is 1. The first-order valence-corrected chi connectivity index (χ1v) is 10.2. The number of hydrogen-bond donors (Lipinski definition) is 1. The van der Waals surface area contributed by atoms with Gasteiger partial charge in [0.05, 0.1) is 17.8 Å². The van der Waals surface area contributed by atoms with Gasteiger partial charge in [0.15, 0.2) is 5.96 Å². The minimum Gasteiger partial charge on any atom is -0.480 e. The fourth-order valence-corrected chi connectivity index (χ4v) is 3.90. The van der Waals surface area contributed by atoms with E-state index in [4.69, 9.17) is 4.74 Å². The Labute approximate surface area is 166 Å². The lowest BCUT2D eigenvalue weighted by Crippen LogP contribution is -2.53. The van der Waals surface area contributed by atoms with Gasteiger partial charge in [0, 0.05) is 44.6 Å². The smallest absolute Gasteiger partial charge is 0.232 e. The van der Waals surface area contributed by atoms with Crippen LogP contribution in [0, 0.1) is 0 Å². The quantitative estimate of drug-likeness (QED) is 0.570. The van der Waals surface area contributed by atoms with E-state index in [1.165, 1.54) is 4.88 Å². The van der Waals surface area contributed by atoms with Crippen molar-refractivity contribution in [2.45, 2.75) is 6.42 Å². The molecule has 7 nitrogen and oxygen atoms in total. The van der Waals surface area contributed by atoms with Crippen LogP contribution in [0.25, 0.3) is 0 Å². The number of anilines is 1. The molecule has 1 N–H and O–H groups in total. The van der Waals surface area contributed by atoms with E-state index in [0.717, 1.165) is 49.6 Å². The summed E-state index contributed by atoms with van der Waals surface area (Å²) in [6, 6.07) is 4.26. The van der Waals surface area contributed by atoms with Crippen LogP contribution in [0.15, 0.2) is 33.2 Å². The zero-order chi connectivity index (χ0) is 18.4. The molecule has 0 amide bonds. The molecule has 0 saturated carbocycles. The average molecular weight is 439 g/mol. The molecule has 0 atom stereocenters. The number of thiophene rings is 1. The molecule has 0 aliphatic carbocycles. The van der Waals surface area contributed by atoms with Crippen molar-refractivity contribution in [3.05, 3.63) is 33.1 Å². The number of ether oxygens (including phenoxy) is 1. The standard InChI is InChI=1S/C17H23BrN6OS/c1-19-16(20-6-5-13-4-3-11-26-13)23-7-9-24(10-8-23)17-21-12-14(18)15(22-17)25-2/h3-4,11-12H,5-10H2,1-2H3,(H,19,20). The van der Waals surface area contributed by atoms with Crippen molar-refractivity contribution in [1.29, 1.82) is 0 Å². The molecule has 1 aliphatic rings. The van der Waals surface area contributed by atoms with Crippen LogP contribution in [0.4, 0.5) is 5.95 Å². The SMILES string of the molecule is CN=C(NCCc1cccs1)N1CCN(c2ncc(Br)c(OC)n2)CC1. The third-order valence-corrected chi connectivity index (χ3v) is 5.68. The molecule has 0 radical (unpaired) electrons. The lowest BCUT2D eigenvalue weighted by molar-refractivity contribution is 0.366. The van der Waals surface area contributed by atoms with E-state index in [2.05, 4.69) is 63.5 Å². The first-order valence-electron chi connectivity index (χ1n) is 8.50. The molecule has 3 heterocycles. The number of methoxy groups -OCH3 is 1. The molecular formula is C17H23BrN6OS. The number of hydrogen-bond acceptors (Lipinski definition) is 6. The first kappa shape index (κ1) is 18.9. The van der Waals surface area contributed by atoms with Gasteiger partial charge >= 0.3 is 0 Å². The number of aliphatic imine (C=N–C) groups is 1. The Morgan fingerprint density at radius 1 is 1.38 bits per heavy atom. The van der Waals surface area contributed by atoms with Gasteiger partial charge in [-0.15, -0.1) is 11.3 Å². The summed E-state index contributed by atoms with van der Waals surface area (Å²) >= 11 is 5.18. The maximum Gasteiger partial charge on any atom is 0.232 e. The fraction of sp³-hybridized carbons (Fsp3) is 0.471. The molecule has 1 aliphatic heterocycles. The lowest BCUT2D eigenvalue weighted by atomic mass is 10.3. The third-order valence-electron chi connectivity index (χ3n) is 4.20. The van der Waals surface area contributed by atoms with E-state index < -0.39 is 0 Å². The molecule has 0 spiro atoms. The highest BCUT2D eigenvalue weighted by Crippen LogP contribution is 2.23. The summed E-state index contributed by atoms with van der Waals surface area (Å²) in [7, 11) is 3.45. The molecule has 1 saturated heterocycles. The second-order valence-corrected chi connectivity index (χ2v) is 7.69. The molecule has 0 unspecified atom stereocenters. The topological polar surface area (TPSA) is 65.9 Å². The van der Waals surface area contributed by atoms with Crippen molar-refractivity contribution in [1.82, 2.24) is 20.2 Å². The Balaban J connectivity index is 1.51. The van der Waals surface area contributed by atoms with Crippen LogP contribution in [0.5, 0.6) is 5.88 Å². The van der Waals surface area contributed by atoms with E-state index in [1.807, 2.05) is 7.05 Å². The summed E-state index contributed by atoms with van der Waals surface area (Å²) < 4.78 is 6.03. The van der Waals surface area contributed by atoms with Crippen molar-refractivity contribution < 1.29 is 4.74 Å². The van der Waals surface area contributed by atoms with Gasteiger partial charge in [0.25, 0.3) is 0 Å². The number of halogens is 1. The first-order chi connectivity index (χ1) is 12.7. The molecule has 9 heteroatoms. The maximum absolute atomic E-state index is 5.26. The summed E-state index contributed by atoms with van der Waals surface area (Å²) in [5.74, 6) is 2.21. The van der Waals surface area contributed by atoms with Gasteiger partial charge in [0.2, 0.25) is 11.8 Å². The number of rotatable bonds is 5. The average Bonchev–Trinajstić information content (AvgIpc) is 3.19. The van der Waals surface area contributed by atoms with Crippen molar-refractivity contribution >= 4 is 39.2 Å². The van der Waals surface area contributed by atoms with E-state index in [-0.39, 0.29) is 0 Å². The summed E-state index contributed by atoms with van der Waals surface area (Å²) in [6.07, 6.45) is 2.75. The van der Waals surface area contributed by atoms with Gasteiger partial charge in [-0.1, -0.05) is 6.07 Å². The largest absolute Gasteiger partial charge is 0.480 e. The van der Waals surface area contributed by atoms with E-state index in [0.29, 0.717) is 11.8 Å². The predicted octanol–water partition coefficient (Wildman–Crippen LogP) is 2.25. The molecule has 140 valence electrons. The minimum atomic E-state index is 0.559. The Morgan fingerprint density at radius 2 is 2.19 bits per heavy atom. The van der Waals surface area contributed by atoms with Crippen LogP contribution in [0.3, 0.4) is 0 Å². The van der Waals surface area contributed by atoms with Gasteiger partial charge in [-0.2, -0.15) is 4.98 Å². The maximum atomic E-state index is 5.26. The van der Waals surface area contributed by atoms with Gasteiger partial charge < -0.3 is 19.9 Å². The zero-order valence-corrected chi connectivity index (χ0v) is 17.4. The Morgan fingerprint density at radius 3 is 2.85 bits per heavy atom. The summed E-state index contributed by atoms with van der Waals surface area (Å²) in [5, 5.41) is 5.58. The molecule has 26 heavy (non-hydrogen) atoms. The van der Waals surface area contributed by atoms with Gasteiger partial charge in [-0.25, -0.2) is 4.98 Å². The summed E-state index contributed by atoms with van der Waals surface area (Å²) in [6.45, 7) is 4.33. The van der Waals surface area contributed by atoms with Crippen molar-refractivity contribution in [3.8, 4) is 5.88 Å². The number of nitrogens with one attached hydrogen (secondary N) is 1. The fourth-order valence-electron chi connectivity index (χ4n) is 2.84. The third kappa shape index (κ3) is 4.64. The van der Waals surface area contributed by atoms with Crippen LogP contribution < -0.4 is 15.0 Å². The van der Waals surface area contributed by atoms with Crippen molar-refractivity contribution in [2.24, 2.45) is 4.99 Å². The van der Waals surface area contributed by atoms with Gasteiger partial charge in [-0.05, 0) is 33.8 Å². The predicted molar refractivity (Wildman–Crippen MR) is 109 cm³/mol. The molecular weight excluding hydrogens is 416 g/mol. The monoisotopic (exact) mass is 438 g/mol. The Hall–Kier alpha value is -1.87. The summed E-state index contributed by atoms with van der Waals surface area (Å²) in [5.41, 5.74) is 0. The van der Waals surface area contributed by atoms with Gasteiger partial charge in [-0.3, -0.25) is 4.99 Å². The van der Waals surface area contributed by atoms with E-state index in [9.17, 15) is 0 Å². The Bertz CT molecular complexity index is 731. The number of piperazine rings is 1. The van der Waals surface area contributed by atoms with Gasteiger partial charge in [0.1, 0.15) is 0 Å². The highest BCUT2D eigenvalue weighted by Gasteiger charge is 2.22. The van der Waals surface area contributed by atoms with Crippen molar-refractivity contribution in [3.63, 3.8) is 0 Å². The van der Waals surface area contributed by atoms with Crippen LogP contribution >= 0.6 is 27.3 Å². The normalized spacial score (nSPS) is 15.3. The number of nitrogens with zero attached hydrogens (tertiary/aromatic N) is 5. The molecule has 0 bridgehead atoms. The van der Waals surface area contributed by atoms with Crippen molar-refractivity contribution in [2.75, 3.05) is 51.8 Å². The van der Waals surface area contributed by atoms with E-state index >= 15 is 0 Å².